The highest BCUT2D eigenvalue weighted by atomic mass is 16.4. The van der Waals surface area contributed by atoms with Crippen LogP contribution in [-0.2, 0) is 11.2 Å². The first-order valence-corrected chi connectivity index (χ1v) is 3.90. The molecule has 4 nitrogen and oxygen atoms in total. The molecule has 0 amide bonds. The molecular weight excluding hydrogens is 168 g/mol. The summed E-state index contributed by atoms with van der Waals surface area (Å²) >= 11 is 0. The first-order valence-electron chi connectivity index (χ1n) is 3.90. The molecule has 0 aliphatic heterocycles. The Hall–Kier alpha value is -1.84. The first kappa shape index (κ1) is 7.79. The number of pyridine rings is 1. The maximum atomic E-state index is 10.5. The van der Waals surface area contributed by atoms with E-state index >= 15 is 0 Å². The van der Waals surface area contributed by atoms with Gasteiger partial charge in [0.2, 0.25) is 0 Å². The Labute approximate surface area is 74.5 Å². The lowest BCUT2D eigenvalue weighted by Crippen LogP contribution is -2.04. The molecule has 0 radical (unpaired) electrons. The molecule has 1 N–H and O–H groups in total. The summed E-state index contributed by atoms with van der Waals surface area (Å²) in [5.41, 5.74) is 0.916. The molecule has 0 bridgehead atoms. The summed E-state index contributed by atoms with van der Waals surface area (Å²) in [5, 5.41) is 8.59. The number of carboxylic acid groups (broad SMARTS) is 1. The van der Waals surface area contributed by atoms with Gasteiger partial charge in [0.1, 0.15) is 12.2 Å². The maximum Gasteiger partial charge on any atom is 0.311 e. The van der Waals surface area contributed by atoms with Crippen molar-refractivity contribution in [1.82, 2.24) is 9.38 Å². The molecule has 0 unspecified atom stereocenters. The van der Waals surface area contributed by atoms with Gasteiger partial charge in [0, 0.05) is 6.20 Å². The zero-order chi connectivity index (χ0) is 9.26. The highest BCUT2D eigenvalue weighted by Gasteiger charge is 2.06. The van der Waals surface area contributed by atoms with E-state index in [0.717, 1.165) is 5.52 Å². The molecule has 13 heavy (non-hydrogen) atoms. The molecule has 2 heterocycles. The monoisotopic (exact) mass is 176 g/mol. The molecule has 66 valence electrons. The molecule has 2 aromatic rings. The van der Waals surface area contributed by atoms with Gasteiger partial charge in [-0.1, -0.05) is 6.07 Å². The molecule has 0 fully saturated rings. The van der Waals surface area contributed by atoms with Crippen molar-refractivity contribution in [3.63, 3.8) is 0 Å². The Morgan fingerprint density at radius 1 is 1.54 bits per heavy atom. The third kappa shape index (κ3) is 1.38. The van der Waals surface area contributed by atoms with Gasteiger partial charge in [0.25, 0.3) is 0 Å². The Morgan fingerprint density at radius 2 is 2.38 bits per heavy atom. The SMILES string of the molecule is O=C(O)Cc1ncc2ccccn12. The average Bonchev–Trinajstić information content (AvgIpc) is 2.48. The second-order valence-corrected chi connectivity index (χ2v) is 2.74. The molecule has 0 saturated heterocycles. The summed E-state index contributed by atoms with van der Waals surface area (Å²) in [5.74, 6) is -0.306. The first-order chi connectivity index (χ1) is 6.27. The van der Waals surface area contributed by atoms with Gasteiger partial charge in [-0.25, -0.2) is 4.98 Å². The standard InChI is InChI=1S/C9H8N2O2/c12-9(13)5-8-10-6-7-3-1-2-4-11(7)8/h1-4,6H,5H2,(H,12,13). The van der Waals surface area contributed by atoms with Crippen molar-refractivity contribution in [2.45, 2.75) is 6.42 Å². The van der Waals surface area contributed by atoms with Gasteiger partial charge in [0.15, 0.2) is 0 Å². The van der Waals surface area contributed by atoms with Gasteiger partial charge < -0.3 is 9.51 Å². The van der Waals surface area contributed by atoms with E-state index in [1.807, 2.05) is 18.2 Å². The van der Waals surface area contributed by atoms with Crippen molar-refractivity contribution >= 4 is 11.5 Å². The molecule has 0 spiro atoms. The van der Waals surface area contributed by atoms with Crippen LogP contribution in [0.1, 0.15) is 5.82 Å². The van der Waals surface area contributed by atoms with E-state index in [1.54, 1.807) is 16.8 Å². The number of carboxylic acids is 1. The summed E-state index contributed by atoms with van der Waals surface area (Å²) < 4.78 is 1.77. The van der Waals surface area contributed by atoms with Crippen LogP contribution in [0, 0.1) is 0 Å². The highest BCUT2D eigenvalue weighted by molar-refractivity contribution is 5.69. The van der Waals surface area contributed by atoms with Crippen LogP contribution in [0.2, 0.25) is 0 Å². The Morgan fingerprint density at radius 3 is 3.15 bits per heavy atom. The lowest BCUT2D eigenvalue weighted by atomic mass is 10.4. The molecule has 0 atom stereocenters. The second kappa shape index (κ2) is 2.90. The van der Waals surface area contributed by atoms with Gasteiger partial charge in [-0.2, -0.15) is 0 Å². The van der Waals surface area contributed by atoms with Crippen LogP contribution >= 0.6 is 0 Å². The van der Waals surface area contributed by atoms with Crippen molar-refractivity contribution in [3.8, 4) is 0 Å². The number of nitrogens with zero attached hydrogens (tertiary/aromatic N) is 2. The third-order valence-electron chi connectivity index (χ3n) is 1.82. The molecule has 2 aromatic heterocycles. The minimum absolute atomic E-state index is 0.0435. The summed E-state index contributed by atoms with van der Waals surface area (Å²) in [6.45, 7) is 0. The predicted molar refractivity (Wildman–Crippen MR) is 46.5 cm³/mol. The normalized spacial score (nSPS) is 10.5. The number of carbonyl (C=O) groups is 1. The van der Waals surface area contributed by atoms with Crippen LogP contribution in [-0.4, -0.2) is 20.5 Å². The Balaban J connectivity index is 2.51. The zero-order valence-electron chi connectivity index (χ0n) is 6.84. The number of rotatable bonds is 2. The van der Waals surface area contributed by atoms with Crippen LogP contribution in [0.25, 0.3) is 5.52 Å². The maximum absolute atomic E-state index is 10.5. The average molecular weight is 176 g/mol. The molecule has 0 aromatic carbocycles. The van der Waals surface area contributed by atoms with E-state index in [4.69, 9.17) is 5.11 Å². The van der Waals surface area contributed by atoms with Gasteiger partial charge in [-0.15, -0.1) is 0 Å². The minimum atomic E-state index is -0.864. The number of imidazole rings is 1. The van der Waals surface area contributed by atoms with E-state index in [-0.39, 0.29) is 6.42 Å². The summed E-state index contributed by atoms with van der Waals surface area (Å²) in [7, 11) is 0. The topological polar surface area (TPSA) is 54.6 Å². The fraction of sp³-hybridized carbons (Fsp3) is 0.111. The fourth-order valence-corrected chi connectivity index (χ4v) is 1.27. The molecule has 0 aliphatic carbocycles. The molecule has 0 saturated carbocycles. The lowest BCUT2D eigenvalue weighted by Gasteiger charge is -1.96. The summed E-state index contributed by atoms with van der Waals surface area (Å²) in [6, 6.07) is 5.62. The molecule has 0 aliphatic rings. The highest BCUT2D eigenvalue weighted by Crippen LogP contribution is 2.06. The van der Waals surface area contributed by atoms with Crippen molar-refractivity contribution < 1.29 is 9.90 Å². The number of hydrogen-bond acceptors (Lipinski definition) is 2. The molecule has 2 rings (SSSR count). The van der Waals surface area contributed by atoms with Crippen molar-refractivity contribution in [1.29, 1.82) is 0 Å². The number of aliphatic carboxylic acids is 1. The summed E-state index contributed by atoms with van der Waals surface area (Å²) in [6.07, 6.45) is 3.43. The Bertz CT molecular complexity index is 448. The summed E-state index contributed by atoms with van der Waals surface area (Å²) in [4.78, 5) is 14.5. The molecule has 4 heteroatoms. The van der Waals surface area contributed by atoms with E-state index in [9.17, 15) is 4.79 Å². The van der Waals surface area contributed by atoms with Crippen LogP contribution in [0.4, 0.5) is 0 Å². The van der Waals surface area contributed by atoms with Crippen LogP contribution in [0.3, 0.4) is 0 Å². The van der Waals surface area contributed by atoms with Crippen molar-refractivity contribution in [3.05, 3.63) is 36.4 Å². The lowest BCUT2D eigenvalue weighted by molar-refractivity contribution is -0.136. The predicted octanol–water partition coefficient (Wildman–Crippen LogP) is 0.961. The van der Waals surface area contributed by atoms with Gasteiger partial charge in [-0.05, 0) is 12.1 Å². The van der Waals surface area contributed by atoms with Gasteiger partial charge >= 0.3 is 5.97 Å². The van der Waals surface area contributed by atoms with Crippen LogP contribution in [0.15, 0.2) is 30.6 Å². The smallest absolute Gasteiger partial charge is 0.311 e. The van der Waals surface area contributed by atoms with Gasteiger partial charge in [0.05, 0.1) is 11.7 Å². The van der Waals surface area contributed by atoms with Crippen molar-refractivity contribution in [2.75, 3.05) is 0 Å². The number of hydrogen-bond donors (Lipinski definition) is 1. The zero-order valence-corrected chi connectivity index (χ0v) is 6.84. The van der Waals surface area contributed by atoms with E-state index < -0.39 is 5.97 Å². The van der Waals surface area contributed by atoms with Gasteiger partial charge in [-0.3, -0.25) is 4.79 Å². The quantitative estimate of drug-likeness (QED) is 0.741. The largest absolute Gasteiger partial charge is 0.481 e. The van der Waals surface area contributed by atoms with Crippen LogP contribution in [0.5, 0.6) is 0 Å². The number of aromatic nitrogens is 2. The Kier molecular flexibility index (Phi) is 1.73. The van der Waals surface area contributed by atoms with E-state index in [1.165, 1.54) is 0 Å². The second-order valence-electron chi connectivity index (χ2n) is 2.74. The van der Waals surface area contributed by atoms with E-state index in [2.05, 4.69) is 4.98 Å². The van der Waals surface area contributed by atoms with Crippen LogP contribution < -0.4 is 0 Å². The van der Waals surface area contributed by atoms with E-state index in [0.29, 0.717) is 5.82 Å². The van der Waals surface area contributed by atoms with Crippen molar-refractivity contribution in [2.24, 2.45) is 0 Å². The number of fused-ring (bicyclic) bond motifs is 1. The minimum Gasteiger partial charge on any atom is -0.481 e. The molecular formula is C9H8N2O2. The fourth-order valence-electron chi connectivity index (χ4n) is 1.27. The third-order valence-corrected chi connectivity index (χ3v) is 1.82.